The molecule has 1 aromatic heterocycles. The summed E-state index contributed by atoms with van der Waals surface area (Å²) < 4.78 is 0. The van der Waals surface area contributed by atoms with Crippen LogP contribution in [0.1, 0.15) is 49.2 Å². The molecule has 98 valence electrons. The highest BCUT2D eigenvalue weighted by molar-refractivity contribution is 5.94. The van der Waals surface area contributed by atoms with Gasteiger partial charge in [-0.3, -0.25) is 4.98 Å². The molecule has 1 aliphatic rings. The molecule has 0 bridgehead atoms. The molecular weight excluding hydrogens is 228 g/mol. The minimum atomic E-state index is -0.900. The molecule has 0 radical (unpaired) electrons. The van der Waals surface area contributed by atoms with Crippen molar-refractivity contribution < 1.29 is 9.90 Å². The molecule has 18 heavy (non-hydrogen) atoms. The quantitative estimate of drug-likeness (QED) is 0.874. The number of aryl methyl sites for hydroxylation is 1. The van der Waals surface area contributed by atoms with Gasteiger partial charge in [0.1, 0.15) is 5.56 Å². The number of aromatic carboxylic acids is 1. The van der Waals surface area contributed by atoms with Gasteiger partial charge in [0.05, 0.1) is 5.69 Å². The predicted molar refractivity (Wildman–Crippen MR) is 71.2 cm³/mol. The fourth-order valence-corrected chi connectivity index (χ4v) is 2.82. The third-order valence-electron chi connectivity index (χ3n) is 3.72. The summed E-state index contributed by atoms with van der Waals surface area (Å²) in [5, 5.41) is 9.29. The maximum atomic E-state index is 11.3. The lowest BCUT2D eigenvalue weighted by atomic mass is 9.95. The standard InChI is InChI=1S/C14H20N2O2/c1-9-7-13(12(8-15-9)14(17)18)16-10(2)5-4-6-11(16)3/h7-8,10-11H,4-6H2,1-3H3,(H,17,18). The van der Waals surface area contributed by atoms with Gasteiger partial charge in [-0.2, -0.15) is 0 Å². The molecule has 1 saturated heterocycles. The van der Waals surface area contributed by atoms with Gasteiger partial charge in [-0.25, -0.2) is 4.79 Å². The highest BCUT2D eigenvalue weighted by Gasteiger charge is 2.28. The van der Waals surface area contributed by atoms with E-state index in [1.54, 1.807) is 0 Å². The number of hydrogen-bond acceptors (Lipinski definition) is 3. The number of carboxylic acid groups (broad SMARTS) is 1. The van der Waals surface area contributed by atoms with Crippen LogP contribution in [0.5, 0.6) is 0 Å². The first-order valence-corrected chi connectivity index (χ1v) is 6.49. The topological polar surface area (TPSA) is 53.4 Å². The number of carboxylic acids is 1. The van der Waals surface area contributed by atoms with Gasteiger partial charge >= 0.3 is 5.97 Å². The Balaban J connectivity index is 2.47. The summed E-state index contributed by atoms with van der Waals surface area (Å²) in [5.41, 5.74) is 1.98. The summed E-state index contributed by atoms with van der Waals surface area (Å²) in [6.07, 6.45) is 4.92. The van der Waals surface area contributed by atoms with Crippen LogP contribution in [0.25, 0.3) is 0 Å². The zero-order valence-electron chi connectivity index (χ0n) is 11.2. The number of anilines is 1. The number of carbonyl (C=O) groups is 1. The van der Waals surface area contributed by atoms with E-state index in [0.29, 0.717) is 17.6 Å². The van der Waals surface area contributed by atoms with Crippen LogP contribution in [0.3, 0.4) is 0 Å². The van der Waals surface area contributed by atoms with Gasteiger partial charge in [0.2, 0.25) is 0 Å². The molecule has 0 aliphatic carbocycles. The Morgan fingerprint density at radius 3 is 2.56 bits per heavy atom. The van der Waals surface area contributed by atoms with E-state index in [1.165, 1.54) is 12.6 Å². The molecule has 0 spiro atoms. The van der Waals surface area contributed by atoms with Crippen molar-refractivity contribution in [2.24, 2.45) is 0 Å². The molecular formula is C14H20N2O2. The minimum absolute atomic E-state index is 0.307. The van der Waals surface area contributed by atoms with Crippen LogP contribution in [0, 0.1) is 6.92 Å². The van der Waals surface area contributed by atoms with E-state index < -0.39 is 5.97 Å². The first-order valence-electron chi connectivity index (χ1n) is 6.49. The fourth-order valence-electron chi connectivity index (χ4n) is 2.82. The second kappa shape index (κ2) is 4.96. The first kappa shape index (κ1) is 12.9. The highest BCUT2D eigenvalue weighted by Crippen LogP contribution is 2.31. The maximum Gasteiger partial charge on any atom is 0.339 e. The number of pyridine rings is 1. The second-order valence-corrected chi connectivity index (χ2v) is 5.18. The Kier molecular flexibility index (Phi) is 3.55. The molecule has 2 unspecified atom stereocenters. The lowest BCUT2D eigenvalue weighted by molar-refractivity contribution is 0.0697. The van der Waals surface area contributed by atoms with Crippen molar-refractivity contribution in [3.8, 4) is 0 Å². The van der Waals surface area contributed by atoms with Gasteiger partial charge in [0.15, 0.2) is 0 Å². The summed E-state index contributed by atoms with van der Waals surface area (Å²) in [7, 11) is 0. The number of rotatable bonds is 2. The molecule has 2 rings (SSSR count). The smallest absolute Gasteiger partial charge is 0.339 e. The molecule has 1 fully saturated rings. The Bertz CT molecular complexity index is 449. The molecule has 1 aromatic rings. The van der Waals surface area contributed by atoms with Crippen LogP contribution >= 0.6 is 0 Å². The summed E-state index contributed by atoms with van der Waals surface area (Å²) in [6, 6.07) is 2.66. The van der Waals surface area contributed by atoms with Crippen molar-refractivity contribution in [1.29, 1.82) is 0 Å². The molecule has 1 N–H and O–H groups in total. The molecule has 4 heteroatoms. The third-order valence-corrected chi connectivity index (χ3v) is 3.72. The molecule has 0 aromatic carbocycles. The van der Waals surface area contributed by atoms with Gasteiger partial charge < -0.3 is 10.0 Å². The van der Waals surface area contributed by atoms with Gasteiger partial charge in [0, 0.05) is 24.0 Å². The largest absolute Gasteiger partial charge is 0.478 e. The normalized spacial score (nSPS) is 24.1. The van der Waals surface area contributed by atoms with Crippen molar-refractivity contribution in [2.45, 2.75) is 52.1 Å². The summed E-state index contributed by atoms with van der Waals surface area (Å²) >= 11 is 0. The van der Waals surface area contributed by atoms with E-state index in [9.17, 15) is 9.90 Å². The van der Waals surface area contributed by atoms with E-state index in [0.717, 1.165) is 24.2 Å². The van der Waals surface area contributed by atoms with Crippen LogP contribution in [-0.2, 0) is 0 Å². The van der Waals surface area contributed by atoms with Crippen LogP contribution in [0.15, 0.2) is 12.3 Å². The Morgan fingerprint density at radius 2 is 2.00 bits per heavy atom. The molecule has 4 nitrogen and oxygen atoms in total. The van der Waals surface area contributed by atoms with Crippen molar-refractivity contribution in [3.63, 3.8) is 0 Å². The van der Waals surface area contributed by atoms with E-state index in [1.807, 2.05) is 13.0 Å². The van der Waals surface area contributed by atoms with E-state index in [2.05, 4.69) is 23.7 Å². The van der Waals surface area contributed by atoms with E-state index in [4.69, 9.17) is 0 Å². The van der Waals surface area contributed by atoms with Crippen molar-refractivity contribution in [2.75, 3.05) is 4.90 Å². The monoisotopic (exact) mass is 248 g/mol. The number of piperidine rings is 1. The van der Waals surface area contributed by atoms with E-state index >= 15 is 0 Å². The molecule has 2 heterocycles. The van der Waals surface area contributed by atoms with Crippen molar-refractivity contribution >= 4 is 11.7 Å². The predicted octanol–water partition coefficient (Wildman–Crippen LogP) is 2.86. The Morgan fingerprint density at radius 1 is 1.39 bits per heavy atom. The van der Waals surface area contributed by atoms with Crippen LogP contribution in [0.2, 0.25) is 0 Å². The molecule has 1 aliphatic heterocycles. The second-order valence-electron chi connectivity index (χ2n) is 5.18. The molecule has 2 atom stereocenters. The van der Waals surface area contributed by atoms with Gasteiger partial charge in [-0.1, -0.05) is 0 Å². The van der Waals surface area contributed by atoms with Gasteiger partial charge in [-0.05, 0) is 46.1 Å². The van der Waals surface area contributed by atoms with Crippen molar-refractivity contribution in [3.05, 3.63) is 23.5 Å². The Hall–Kier alpha value is -1.58. The van der Waals surface area contributed by atoms with Gasteiger partial charge in [0.25, 0.3) is 0 Å². The minimum Gasteiger partial charge on any atom is -0.478 e. The fraction of sp³-hybridized carbons (Fsp3) is 0.571. The molecule has 0 saturated carbocycles. The average Bonchev–Trinajstić information content (AvgIpc) is 2.28. The third kappa shape index (κ3) is 2.33. The lowest BCUT2D eigenvalue weighted by Gasteiger charge is -2.41. The number of nitrogens with zero attached hydrogens (tertiary/aromatic N) is 2. The average molecular weight is 248 g/mol. The number of aromatic nitrogens is 1. The van der Waals surface area contributed by atoms with Crippen molar-refractivity contribution in [1.82, 2.24) is 4.98 Å². The lowest BCUT2D eigenvalue weighted by Crippen LogP contribution is -2.44. The van der Waals surface area contributed by atoms with Crippen LogP contribution < -0.4 is 4.90 Å². The maximum absolute atomic E-state index is 11.3. The summed E-state index contributed by atoms with van der Waals surface area (Å²) in [4.78, 5) is 17.7. The Labute approximate surface area is 108 Å². The molecule has 0 amide bonds. The SMILES string of the molecule is Cc1cc(N2C(C)CCCC2C)c(C(=O)O)cn1. The number of hydrogen-bond donors (Lipinski definition) is 1. The zero-order chi connectivity index (χ0) is 13.3. The summed E-state index contributed by atoms with van der Waals surface area (Å²) in [5.74, 6) is -0.900. The van der Waals surface area contributed by atoms with Gasteiger partial charge in [-0.15, -0.1) is 0 Å². The highest BCUT2D eigenvalue weighted by atomic mass is 16.4. The van der Waals surface area contributed by atoms with E-state index in [-0.39, 0.29) is 0 Å². The van der Waals surface area contributed by atoms with Crippen LogP contribution in [-0.4, -0.2) is 28.1 Å². The van der Waals surface area contributed by atoms with Crippen LogP contribution in [0.4, 0.5) is 5.69 Å². The summed E-state index contributed by atoms with van der Waals surface area (Å²) in [6.45, 7) is 6.22. The first-order chi connectivity index (χ1) is 8.50. The zero-order valence-corrected chi connectivity index (χ0v) is 11.2.